The number of nitrogens with zero attached hydrogens (tertiary/aromatic N) is 4. The lowest BCUT2D eigenvalue weighted by atomic mass is 9.91. The number of pyridine rings is 2. The first-order chi connectivity index (χ1) is 23.6. The van der Waals surface area contributed by atoms with Gasteiger partial charge in [-0.3, -0.25) is 14.5 Å². The smallest absolute Gasteiger partial charge is 0.410 e. The SMILES string of the molecule is CC(C)(C)CCCOC1CCN(c2ccc(C(=O)NS(=O)(=O)c3cccc(NCCC[C@@H]4CN(C(=O)OC(C)(C)C)C(C)(C)C4)n3)c(Cl)n2)C1=O. The summed E-state index contributed by atoms with van der Waals surface area (Å²) in [5.41, 5.74) is -0.855. The average molecular weight is 749 g/mol. The maximum absolute atomic E-state index is 13.1. The van der Waals surface area contributed by atoms with Crippen LogP contribution >= 0.6 is 11.6 Å². The number of carbonyl (C=O) groups excluding carboxylic acids is 3. The fourth-order valence-electron chi connectivity index (χ4n) is 6.33. The second kappa shape index (κ2) is 16.0. The highest BCUT2D eigenvalue weighted by molar-refractivity contribution is 7.90. The Hall–Kier alpha value is -3.49. The number of likely N-dealkylation sites (tertiary alicyclic amines) is 1. The fraction of sp³-hybridized carbons (Fsp3) is 0.639. The summed E-state index contributed by atoms with van der Waals surface area (Å²) in [6.07, 6.45) is 3.92. The van der Waals surface area contributed by atoms with E-state index in [1.807, 2.05) is 39.3 Å². The van der Waals surface area contributed by atoms with Crippen LogP contribution in [0, 0.1) is 11.3 Å². The Balaban J connectivity index is 1.28. The van der Waals surface area contributed by atoms with Crippen LogP contribution in [0.4, 0.5) is 16.4 Å². The van der Waals surface area contributed by atoms with Crippen LogP contribution in [0.1, 0.15) is 104 Å². The van der Waals surface area contributed by atoms with Crippen molar-refractivity contribution in [2.75, 3.05) is 36.5 Å². The van der Waals surface area contributed by atoms with Gasteiger partial charge in [-0.15, -0.1) is 0 Å². The zero-order chi connectivity index (χ0) is 37.8. The van der Waals surface area contributed by atoms with E-state index in [0.717, 1.165) is 32.1 Å². The van der Waals surface area contributed by atoms with Crippen molar-refractivity contribution in [1.82, 2.24) is 19.6 Å². The minimum Gasteiger partial charge on any atom is -0.444 e. The van der Waals surface area contributed by atoms with Crippen LogP contribution in [0.5, 0.6) is 0 Å². The fourth-order valence-corrected chi connectivity index (χ4v) is 7.50. The number of ether oxygens (including phenoxy) is 2. The standard InChI is InChI=1S/C36H53ClN6O7S/c1-34(2,3)18-11-21-49-26-17-20-42(32(26)45)28-16-15-25(30(37)40-28)31(44)41-51(47,48)29-14-9-13-27(39-29)38-19-10-12-24-22-36(7,8)43(23-24)33(46)50-35(4,5)6/h9,13-16,24,26H,10-12,17-23H2,1-8H3,(H,38,39)(H,41,44)/t24-,26?/m0/s1. The second-order valence-electron chi connectivity index (χ2n) is 16.1. The van der Waals surface area contributed by atoms with Gasteiger partial charge in [-0.25, -0.2) is 19.5 Å². The monoisotopic (exact) mass is 748 g/mol. The van der Waals surface area contributed by atoms with Gasteiger partial charge in [0, 0.05) is 38.2 Å². The third-order valence-electron chi connectivity index (χ3n) is 8.80. The molecule has 0 bridgehead atoms. The minimum absolute atomic E-state index is 0.166. The van der Waals surface area contributed by atoms with Gasteiger partial charge in [-0.2, -0.15) is 8.42 Å². The Morgan fingerprint density at radius 3 is 2.45 bits per heavy atom. The number of aromatic nitrogens is 2. The number of sulfonamides is 1. The lowest BCUT2D eigenvalue weighted by molar-refractivity contribution is -0.127. The lowest BCUT2D eigenvalue weighted by Gasteiger charge is -2.33. The van der Waals surface area contributed by atoms with Gasteiger partial charge in [-0.1, -0.05) is 38.4 Å². The molecule has 0 spiro atoms. The molecule has 2 aliphatic rings. The molecule has 0 radical (unpaired) electrons. The van der Waals surface area contributed by atoms with Gasteiger partial charge in [0.25, 0.3) is 21.8 Å². The maximum Gasteiger partial charge on any atom is 0.410 e. The lowest BCUT2D eigenvalue weighted by Crippen LogP contribution is -2.45. The van der Waals surface area contributed by atoms with Gasteiger partial charge in [0.15, 0.2) is 5.03 Å². The first-order valence-corrected chi connectivity index (χ1v) is 19.4. The van der Waals surface area contributed by atoms with Gasteiger partial charge in [0.05, 0.1) is 5.56 Å². The van der Waals surface area contributed by atoms with E-state index in [-0.39, 0.29) is 44.5 Å². The van der Waals surface area contributed by atoms with Crippen molar-refractivity contribution in [1.29, 1.82) is 0 Å². The predicted molar refractivity (Wildman–Crippen MR) is 196 cm³/mol. The molecule has 0 aromatic carbocycles. The average Bonchev–Trinajstić information content (AvgIpc) is 3.53. The van der Waals surface area contributed by atoms with Gasteiger partial charge in [0.2, 0.25) is 0 Å². The third-order valence-corrected chi connectivity index (χ3v) is 10.3. The normalized spacial score (nSPS) is 19.4. The molecule has 2 N–H and O–H groups in total. The number of rotatable bonds is 13. The number of carbonyl (C=O) groups is 3. The Morgan fingerprint density at radius 2 is 1.78 bits per heavy atom. The van der Waals surface area contributed by atoms with Crippen LogP contribution in [-0.4, -0.2) is 84.7 Å². The largest absolute Gasteiger partial charge is 0.444 e. The number of hydrogen-bond acceptors (Lipinski definition) is 10. The van der Waals surface area contributed by atoms with Crippen molar-refractivity contribution >= 4 is 51.2 Å². The first kappa shape index (κ1) is 40.3. The maximum atomic E-state index is 13.1. The zero-order valence-electron chi connectivity index (χ0n) is 31.0. The Labute approximate surface area is 307 Å². The predicted octanol–water partition coefficient (Wildman–Crippen LogP) is 6.42. The summed E-state index contributed by atoms with van der Waals surface area (Å²) in [7, 11) is -4.36. The molecule has 3 amide bonds. The summed E-state index contributed by atoms with van der Waals surface area (Å²) >= 11 is 6.33. The molecule has 2 aromatic heterocycles. The van der Waals surface area contributed by atoms with Gasteiger partial charge in [-0.05, 0) is 102 Å². The molecule has 2 fully saturated rings. The van der Waals surface area contributed by atoms with E-state index in [2.05, 4.69) is 36.1 Å². The van der Waals surface area contributed by atoms with E-state index in [0.29, 0.717) is 44.4 Å². The van der Waals surface area contributed by atoms with Crippen LogP contribution in [0.3, 0.4) is 0 Å². The molecule has 1 unspecified atom stereocenters. The van der Waals surface area contributed by atoms with E-state index in [4.69, 9.17) is 21.1 Å². The summed E-state index contributed by atoms with van der Waals surface area (Å²) in [4.78, 5) is 50.4. The topological polar surface area (TPSA) is 160 Å². The second-order valence-corrected chi connectivity index (χ2v) is 18.1. The van der Waals surface area contributed by atoms with Crippen molar-refractivity contribution in [2.45, 2.75) is 116 Å². The van der Waals surface area contributed by atoms with Gasteiger partial charge in [0.1, 0.15) is 28.5 Å². The summed E-state index contributed by atoms with van der Waals surface area (Å²) in [6, 6.07) is 7.26. The third kappa shape index (κ3) is 11.2. The number of halogens is 1. The van der Waals surface area contributed by atoms with E-state index in [1.54, 1.807) is 11.0 Å². The quantitative estimate of drug-likeness (QED) is 0.173. The van der Waals surface area contributed by atoms with Crippen molar-refractivity contribution < 1.29 is 32.3 Å². The van der Waals surface area contributed by atoms with Crippen LogP contribution in [0.2, 0.25) is 5.15 Å². The van der Waals surface area contributed by atoms with Crippen LogP contribution in [-0.2, 0) is 24.3 Å². The Kier molecular flexibility index (Phi) is 12.7. The highest BCUT2D eigenvalue weighted by Crippen LogP contribution is 2.36. The van der Waals surface area contributed by atoms with Crippen LogP contribution in [0.25, 0.3) is 0 Å². The van der Waals surface area contributed by atoms with Crippen molar-refractivity contribution in [3.63, 3.8) is 0 Å². The summed E-state index contributed by atoms with van der Waals surface area (Å²) < 4.78 is 39.7. The molecule has 0 aliphatic carbocycles. The van der Waals surface area contributed by atoms with Crippen molar-refractivity contribution in [3.05, 3.63) is 41.0 Å². The highest BCUT2D eigenvalue weighted by atomic mass is 35.5. The van der Waals surface area contributed by atoms with Gasteiger partial charge < -0.3 is 19.7 Å². The summed E-state index contributed by atoms with van der Waals surface area (Å²) in [6.45, 7) is 18.1. The Bertz CT molecular complexity index is 1690. The Morgan fingerprint density at radius 1 is 1.06 bits per heavy atom. The molecule has 51 heavy (non-hydrogen) atoms. The molecule has 2 aromatic rings. The van der Waals surface area contributed by atoms with Gasteiger partial charge >= 0.3 is 6.09 Å². The molecule has 13 nitrogen and oxygen atoms in total. The van der Waals surface area contributed by atoms with E-state index >= 15 is 0 Å². The molecular weight excluding hydrogens is 696 g/mol. The number of hydrogen-bond donors (Lipinski definition) is 2. The minimum atomic E-state index is -4.36. The summed E-state index contributed by atoms with van der Waals surface area (Å²) in [5.74, 6) is -0.325. The zero-order valence-corrected chi connectivity index (χ0v) is 32.6. The number of anilines is 2. The molecule has 4 heterocycles. The molecule has 2 atom stereocenters. The molecule has 282 valence electrons. The van der Waals surface area contributed by atoms with E-state index in [9.17, 15) is 22.8 Å². The molecular formula is C36H53ClN6O7S. The van der Waals surface area contributed by atoms with Crippen molar-refractivity contribution in [3.8, 4) is 0 Å². The van der Waals surface area contributed by atoms with E-state index < -0.39 is 27.6 Å². The molecule has 4 rings (SSSR count). The molecule has 2 aliphatic heterocycles. The van der Waals surface area contributed by atoms with E-state index in [1.165, 1.54) is 29.2 Å². The highest BCUT2D eigenvalue weighted by Gasteiger charge is 2.42. The number of amides is 3. The first-order valence-electron chi connectivity index (χ1n) is 17.5. The van der Waals surface area contributed by atoms with Crippen LogP contribution in [0.15, 0.2) is 35.4 Å². The molecule has 0 saturated carbocycles. The molecule has 2 saturated heterocycles. The van der Waals surface area contributed by atoms with Crippen LogP contribution < -0.4 is 14.9 Å². The number of nitrogens with one attached hydrogen (secondary N) is 2. The molecule has 15 heteroatoms. The van der Waals surface area contributed by atoms with Crippen molar-refractivity contribution in [2.24, 2.45) is 11.3 Å². The summed E-state index contributed by atoms with van der Waals surface area (Å²) in [5, 5.41) is 2.57.